The Morgan fingerprint density at radius 1 is 1.47 bits per heavy atom. The van der Waals surface area contributed by atoms with E-state index in [1.165, 1.54) is 0 Å². The Hall–Kier alpha value is -1.95. The molecule has 2 atom stereocenters. The summed E-state index contributed by atoms with van der Waals surface area (Å²) in [5.74, 6) is -0.998. The summed E-state index contributed by atoms with van der Waals surface area (Å²) in [7, 11) is 1.07. The second kappa shape index (κ2) is 5.95. The summed E-state index contributed by atoms with van der Waals surface area (Å²) >= 11 is 0. The van der Waals surface area contributed by atoms with Crippen LogP contribution >= 0.6 is 0 Å². The van der Waals surface area contributed by atoms with E-state index in [-0.39, 0.29) is 6.42 Å². The van der Waals surface area contributed by atoms with E-state index in [0.717, 1.165) is 7.11 Å². The number of methoxy groups -OCH3 is 1. The van der Waals surface area contributed by atoms with Crippen molar-refractivity contribution in [3.05, 3.63) is 46.0 Å². The summed E-state index contributed by atoms with van der Waals surface area (Å²) in [6.07, 6.45) is -1.78. The first-order valence-corrected chi connectivity index (χ1v) is 4.99. The molecule has 0 radical (unpaired) electrons. The molecular formula is C11H13NO5. The van der Waals surface area contributed by atoms with Gasteiger partial charge in [0.05, 0.1) is 7.11 Å². The van der Waals surface area contributed by atoms with E-state index in [9.17, 15) is 20.0 Å². The molecule has 0 saturated heterocycles. The first kappa shape index (κ1) is 13.1. The fourth-order valence-electron chi connectivity index (χ4n) is 1.43. The van der Waals surface area contributed by atoms with Gasteiger partial charge in [-0.05, 0) is 5.56 Å². The molecule has 1 rings (SSSR count). The quantitative estimate of drug-likeness (QED) is 0.456. The molecule has 6 nitrogen and oxygen atoms in total. The molecule has 17 heavy (non-hydrogen) atoms. The molecule has 0 aliphatic heterocycles. The van der Waals surface area contributed by atoms with E-state index in [1.54, 1.807) is 30.3 Å². The molecule has 1 aromatic carbocycles. The number of aliphatic hydroxyl groups is 1. The number of aliphatic hydroxyl groups excluding tert-OH is 1. The first-order valence-electron chi connectivity index (χ1n) is 4.99. The van der Waals surface area contributed by atoms with E-state index in [4.69, 9.17) is 0 Å². The van der Waals surface area contributed by atoms with Gasteiger partial charge >= 0.3 is 5.97 Å². The summed E-state index contributed by atoms with van der Waals surface area (Å²) < 4.78 is 4.29. The van der Waals surface area contributed by atoms with Crippen LogP contribution in [0, 0.1) is 10.1 Å². The number of rotatable bonds is 5. The molecule has 0 heterocycles. The smallest absolute Gasteiger partial charge is 0.342 e. The van der Waals surface area contributed by atoms with Crippen LogP contribution in [0.3, 0.4) is 0 Å². The van der Waals surface area contributed by atoms with Crippen LogP contribution in [0.2, 0.25) is 0 Å². The first-order chi connectivity index (χ1) is 8.06. The van der Waals surface area contributed by atoms with Crippen LogP contribution in [-0.4, -0.2) is 35.3 Å². The van der Waals surface area contributed by atoms with Gasteiger partial charge < -0.3 is 9.84 Å². The molecule has 1 aromatic rings. The van der Waals surface area contributed by atoms with E-state index in [1.807, 2.05) is 0 Å². The normalized spacial score (nSPS) is 13.8. The maximum atomic E-state index is 11.1. The fourth-order valence-corrected chi connectivity index (χ4v) is 1.43. The van der Waals surface area contributed by atoms with Crippen LogP contribution in [0.5, 0.6) is 0 Å². The molecule has 0 fully saturated rings. The van der Waals surface area contributed by atoms with Gasteiger partial charge in [0.2, 0.25) is 6.10 Å². The number of ether oxygens (including phenoxy) is 1. The van der Waals surface area contributed by atoms with E-state index in [2.05, 4.69) is 4.74 Å². The predicted octanol–water partition coefficient (Wildman–Crippen LogP) is 0.408. The second-order valence-corrected chi connectivity index (χ2v) is 3.51. The molecule has 0 aliphatic carbocycles. The molecule has 0 spiro atoms. The molecule has 6 heteroatoms. The van der Waals surface area contributed by atoms with Crippen molar-refractivity contribution in [1.29, 1.82) is 0 Å². The van der Waals surface area contributed by atoms with Gasteiger partial charge in [-0.25, -0.2) is 4.79 Å². The number of nitrogens with zero attached hydrogens (tertiary/aromatic N) is 1. The lowest BCUT2D eigenvalue weighted by molar-refractivity contribution is -0.531. The molecule has 0 aromatic heterocycles. The highest BCUT2D eigenvalue weighted by Crippen LogP contribution is 2.10. The van der Waals surface area contributed by atoms with Gasteiger partial charge in [-0.1, -0.05) is 30.3 Å². The Labute approximate surface area is 98.0 Å². The Morgan fingerprint density at radius 2 is 2.06 bits per heavy atom. The molecule has 0 amide bonds. The van der Waals surface area contributed by atoms with Crippen LogP contribution in [0.15, 0.2) is 30.3 Å². The summed E-state index contributed by atoms with van der Waals surface area (Å²) in [6, 6.07) is 7.24. The van der Waals surface area contributed by atoms with Crippen LogP contribution in [0.1, 0.15) is 5.56 Å². The number of carbonyl (C=O) groups excluding carboxylic acids is 1. The topological polar surface area (TPSA) is 89.7 Å². The number of esters is 1. The highest BCUT2D eigenvalue weighted by Gasteiger charge is 2.36. The highest BCUT2D eigenvalue weighted by atomic mass is 16.6. The average Bonchev–Trinajstić information content (AvgIpc) is 2.35. The fraction of sp³-hybridized carbons (Fsp3) is 0.364. The van der Waals surface area contributed by atoms with Gasteiger partial charge in [-0.3, -0.25) is 10.1 Å². The number of nitro groups is 1. The van der Waals surface area contributed by atoms with Crippen molar-refractivity contribution < 1.29 is 19.6 Å². The Balaban J connectivity index is 2.81. The zero-order valence-electron chi connectivity index (χ0n) is 9.28. The summed E-state index contributed by atoms with van der Waals surface area (Å²) in [5.41, 5.74) is 0.678. The van der Waals surface area contributed by atoms with Gasteiger partial charge in [0.15, 0.2) is 0 Å². The second-order valence-electron chi connectivity index (χ2n) is 3.51. The third-order valence-electron chi connectivity index (χ3n) is 2.37. The molecule has 0 bridgehead atoms. The van der Waals surface area contributed by atoms with Crippen molar-refractivity contribution in [2.75, 3.05) is 7.11 Å². The Bertz CT molecular complexity index is 392. The van der Waals surface area contributed by atoms with Crippen molar-refractivity contribution in [1.82, 2.24) is 0 Å². The number of hydrogen-bond donors (Lipinski definition) is 1. The maximum absolute atomic E-state index is 11.1. The monoisotopic (exact) mass is 239 g/mol. The SMILES string of the molecule is COC(=O)C(O)C(Cc1ccccc1)[N+](=O)[O-]. The summed E-state index contributed by atoms with van der Waals surface area (Å²) in [6.45, 7) is 0. The van der Waals surface area contributed by atoms with E-state index in [0.29, 0.717) is 5.56 Å². The van der Waals surface area contributed by atoms with Gasteiger partial charge in [-0.2, -0.15) is 0 Å². The molecule has 2 unspecified atom stereocenters. The van der Waals surface area contributed by atoms with Gasteiger partial charge in [-0.15, -0.1) is 0 Å². The minimum atomic E-state index is -1.75. The van der Waals surface area contributed by atoms with Crippen molar-refractivity contribution in [2.24, 2.45) is 0 Å². The predicted molar refractivity (Wildman–Crippen MR) is 59.0 cm³/mol. The minimum absolute atomic E-state index is 0.0237. The lowest BCUT2D eigenvalue weighted by atomic mass is 10.0. The van der Waals surface area contributed by atoms with Crippen LogP contribution < -0.4 is 0 Å². The van der Waals surface area contributed by atoms with Crippen LogP contribution in [0.25, 0.3) is 0 Å². The summed E-state index contributed by atoms with van der Waals surface area (Å²) in [4.78, 5) is 21.2. The molecule has 0 aliphatic rings. The average molecular weight is 239 g/mol. The van der Waals surface area contributed by atoms with Crippen molar-refractivity contribution in [2.45, 2.75) is 18.6 Å². The third-order valence-corrected chi connectivity index (χ3v) is 2.37. The number of benzene rings is 1. The molecule has 1 N–H and O–H groups in total. The molecule has 92 valence electrons. The highest BCUT2D eigenvalue weighted by molar-refractivity contribution is 5.74. The van der Waals surface area contributed by atoms with E-state index >= 15 is 0 Å². The zero-order chi connectivity index (χ0) is 12.8. The van der Waals surface area contributed by atoms with Crippen LogP contribution in [-0.2, 0) is 16.0 Å². The lowest BCUT2D eigenvalue weighted by Crippen LogP contribution is -2.41. The lowest BCUT2D eigenvalue weighted by Gasteiger charge is -2.13. The maximum Gasteiger partial charge on any atom is 0.342 e. The summed E-state index contributed by atoms with van der Waals surface area (Å²) in [5, 5.41) is 20.3. The zero-order valence-corrected chi connectivity index (χ0v) is 9.28. The van der Waals surface area contributed by atoms with Crippen molar-refractivity contribution in [3.8, 4) is 0 Å². The Kier molecular flexibility index (Phi) is 4.59. The Morgan fingerprint density at radius 3 is 2.53 bits per heavy atom. The standard InChI is InChI=1S/C11H13NO5/c1-17-11(14)10(13)9(12(15)16)7-8-5-3-2-4-6-8/h2-6,9-10,13H,7H2,1H3. The van der Waals surface area contributed by atoms with Crippen molar-refractivity contribution >= 4 is 5.97 Å². The number of carbonyl (C=O) groups is 1. The van der Waals surface area contributed by atoms with Crippen LogP contribution in [0.4, 0.5) is 0 Å². The van der Waals surface area contributed by atoms with Gasteiger partial charge in [0.25, 0.3) is 6.04 Å². The minimum Gasteiger partial charge on any atom is -0.467 e. The molecular weight excluding hydrogens is 226 g/mol. The number of hydrogen-bond acceptors (Lipinski definition) is 5. The largest absolute Gasteiger partial charge is 0.467 e. The molecule has 0 saturated carbocycles. The van der Waals surface area contributed by atoms with Crippen molar-refractivity contribution in [3.63, 3.8) is 0 Å². The van der Waals surface area contributed by atoms with Gasteiger partial charge in [0, 0.05) is 11.3 Å². The third kappa shape index (κ3) is 3.53. The van der Waals surface area contributed by atoms with E-state index < -0.39 is 23.0 Å². The van der Waals surface area contributed by atoms with Gasteiger partial charge in [0.1, 0.15) is 0 Å².